The largest absolute Gasteiger partial charge is 0.319 e. The second-order valence-electron chi connectivity index (χ2n) is 6.55. The molecule has 2 aromatic heterocycles. The van der Waals surface area contributed by atoms with Crippen molar-refractivity contribution in [2.45, 2.75) is 13.8 Å². The number of rotatable bonds is 4. The lowest BCUT2D eigenvalue weighted by molar-refractivity contribution is 0.102. The van der Waals surface area contributed by atoms with E-state index in [4.69, 9.17) is 0 Å². The van der Waals surface area contributed by atoms with Crippen LogP contribution in [0.15, 0.2) is 67.0 Å². The summed E-state index contributed by atoms with van der Waals surface area (Å²) in [6.07, 6.45) is 3.14. The summed E-state index contributed by atoms with van der Waals surface area (Å²) < 4.78 is 14.8. The fourth-order valence-corrected chi connectivity index (χ4v) is 3.13. The lowest BCUT2D eigenvalue weighted by Crippen LogP contribution is -2.14. The van der Waals surface area contributed by atoms with Gasteiger partial charge in [0.05, 0.1) is 40.7 Å². The van der Waals surface area contributed by atoms with E-state index in [1.807, 2.05) is 30.3 Å². The van der Waals surface area contributed by atoms with E-state index in [-0.39, 0.29) is 11.7 Å². The zero-order chi connectivity index (χ0) is 20.4. The summed E-state index contributed by atoms with van der Waals surface area (Å²) in [6.45, 7) is 3.56. The fraction of sp³-hybridized carbons (Fsp3) is 0.0909. The van der Waals surface area contributed by atoms with Crippen LogP contribution in [-0.4, -0.2) is 25.7 Å². The molecule has 4 aromatic rings. The average Bonchev–Trinajstić information content (AvgIpc) is 3.04. The third kappa shape index (κ3) is 3.75. The second kappa shape index (κ2) is 7.63. The molecule has 0 unspecified atom stereocenters. The topological polar surface area (TPSA) is 72.7 Å². The first-order valence-electron chi connectivity index (χ1n) is 9.04. The normalized spacial score (nSPS) is 10.7. The average molecular weight is 387 g/mol. The van der Waals surface area contributed by atoms with Gasteiger partial charge in [0.1, 0.15) is 5.82 Å². The van der Waals surface area contributed by atoms with E-state index in [9.17, 15) is 9.18 Å². The van der Waals surface area contributed by atoms with Gasteiger partial charge in [0.2, 0.25) is 0 Å². The van der Waals surface area contributed by atoms with Crippen molar-refractivity contribution in [1.29, 1.82) is 0 Å². The number of nitrogens with one attached hydrogen (secondary N) is 1. The summed E-state index contributed by atoms with van der Waals surface area (Å²) in [7, 11) is 0. The number of anilines is 1. The Labute approximate surface area is 167 Å². The minimum atomic E-state index is -0.327. The maximum absolute atomic E-state index is 13.2. The molecule has 0 saturated carbocycles. The van der Waals surface area contributed by atoms with Crippen LogP contribution in [0.25, 0.3) is 17.1 Å². The van der Waals surface area contributed by atoms with Gasteiger partial charge in [0.25, 0.3) is 5.91 Å². The van der Waals surface area contributed by atoms with Crippen LogP contribution in [0.3, 0.4) is 0 Å². The standard InChI is InChI=1S/C22H18FN5O/c1-14-20(15(2)28(27-14)19-10-8-17(23)9-11-19)22(29)26-18-12-24-21(25-13-18)16-6-4-3-5-7-16/h3-13H,1-2H3,(H,26,29). The third-order valence-electron chi connectivity index (χ3n) is 4.53. The maximum atomic E-state index is 13.2. The van der Waals surface area contributed by atoms with Crippen molar-refractivity contribution in [2.75, 3.05) is 5.32 Å². The van der Waals surface area contributed by atoms with Crippen LogP contribution in [0.4, 0.5) is 10.1 Å². The number of nitrogens with zero attached hydrogens (tertiary/aromatic N) is 4. The molecule has 1 N–H and O–H groups in total. The number of benzene rings is 2. The molecule has 144 valence electrons. The summed E-state index contributed by atoms with van der Waals surface area (Å²) in [5, 5.41) is 7.24. The van der Waals surface area contributed by atoms with Gasteiger partial charge in [-0.3, -0.25) is 4.79 Å². The van der Waals surface area contributed by atoms with Crippen molar-refractivity contribution in [3.05, 3.63) is 89.8 Å². The highest BCUT2D eigenvalue weighted by Crippen LogP contribution is 2.20. The smallest absolute Gasteiger partial charge is 0.259 e. The predicted octanol–water partition coefficient (Wildman–Crippen LogP) is 4.34. The van der Waals surface area contributed by atoms with E-state index in [1.54, 1.807) is 43.1 Å². The molecule has 29 heavy (non-hydrogen) atoms. The second-order valence-corrected chi connectivity index (χ2v) is 6.55. The number of hydrogen-bond donors (Lipinski definition) is 1. The van der Waals surface area contributed by atoms with Gasteiger partial charge in [-0.1, -0.05) is 30.3 Å². The van der Waals surface area contributed by atoms with E-state index < -0.39 is 0 Å². The molecule has 0 bridgehead atoms. The first-order chi connectivity index (χ1) is 14.0. The number of hydrogen-bond acceptors (Lipinski definition) is 4. The number of carbonyl (C=O) groups excluding carboxylic acids is 1. The van der Waals surface area contributed by atoms with E-state index >= 15 is 0 Å². The molecule has 7 heteroatoms. The lowest BCUT2D eigenvalue weighted by Gasteiger charge is -2.07. The SMILES string of the molecule is Cc1nn(-c2ccc(F)cc2)c(C)c1C(=O)Nc1cnc(-c2ccccc2)nc1. The van der Waals surface area contributed by atoms with Crippen LogP contribution >= 0.6 is 0 Å². The molecule has 0 atom stereocenters. The van der Waals surface area contributed by atoms with E-state index in [1.165, 1.54) is 12.1 Å². The molecule has 0 spiro atoms. The zero-order valence-electron chi connectivity index (χ0n) is 15.9. The Balaban J connectivity index is 1.57. The Morgan fingerprint density at radius 1 is 0.966 bits per heavy atom. The Bertz CT molecular complexity index is 1150. The van der Waals surface area contributed by atoms with Gasteiger partial charge in [0, 0.05) is 5.56 Å². The van der Waals surface area contributed by atoms with Gasteiger partial charge in [-0.15, -0.1) is 0 Å². The molecule has 0 radical (unpaired) electrons. The number of halogens is 1. The molecular formula is C22H18FN5O. The summed E-state index contributed by atoms with van der Waals surface area (Å²) in [5.74, 6) is -0.0447. The summed E-state index contributed by atoms with van der Waals surface area (Å²) >= 11 is 0. The van der Waals surface area contributed by atoms with Crippen molar-refractivity contribution in [1.82, 2.24) is 19.7 Å². The van der Waals surface area contributed by atoms with Crippen LogP contribution in [0.2, 0.25) is 0 Å². The molecule has 2 heterocycles. The molecule has 0 saturated heterocycles. The minimum absolute atomic E-state index is 0.301. The van der Waals surface area contributed by atoms with Crippen LogP contribution in [-0.2, 0) is 0 Å². The zero-order valence-corrected chi connectivity index (χ0v) is 15.9. The number of amides is 1. The highest BCUT2D eigenvalue weighted by Gasteiger charge is 2.20. The quantitative estimate of drug-likeness (QED) is 0.565. The van der Waals surface area contributed by atoms with Gasteiger partial charge in [-0.25, -0.2) is 19.0 Å². The number of aromatic nitrogens is 4. The fourth-order valence-electron chi connectivity index (χ4n) is 3.13. The van der Waals surface area contributed by atoms with Crippen molar-refractivity contribution in [3.63, 3.8) is 0 Å². The Morgan fingerprint density at radius 3 is 2.28 bits per heavy atom. The van der Waals surface area contributed by atoms with Crippen LogP contribution < -0.4 is 5.32 Å². The van der Waals surface area contributed by atoms with Crippen molar-refractivity contribution >= 4 is 11.6 Å². The molecular weight excluding hydrogens is 369 g/mol. The molecule has 0 aliphatic heterocycles. The highest BCUT2D eigenvalue weighted by molar-refractivity contribution is 6.05. The first kappa shape index (κ1) is 18.5. The van der Waals surface area contributed by atoms with Crippen molar-refractivity contribution < 1.29 is 9.18 Å². The lowest BCUT2D eigenvalue weighted by atomic mass is 10.2. The highest BCUT2D eigenvalue weighted by atomic mass is 19.1. The summed E-state index contributed by atoms with van der Waals surface area (Å²) in [4.78, 5) is 21.5. The van der Waals surface area contributed by atoms with Gasteiger partial charge in [-0.2, -0.15) is 5.10 Å². The van der Waals surface area contributed by atoms with Crippen LogP contribution in [0.5, 0.6) is 0 Å². The summed E-state index contributed by atoms with van der Waals surface area (Å²) in [5.41, 5.74) is 3.77. The first-order valence-corrected chi connectivity index (χ1v) is 9.04. The van der Waals surface area contributed by atoms with Gasteiger partial charge in [-0.05, 0) is 38.1 Å². The van der Waals surface area contributed by atoms with Crippen LogP contribution in [0, 0.1) is 19.7 Å². The van der Waals surface area contributed by atoms with Gasteiger partial charge in [0.15, 0.2) is 5.82 Å². The Hall–Kier alpha value is -3.87. The van der Waals surface area contributed by atoms with Gasteiger partial charge >= 0.3 is 0 Å². The third-order valence-corrected chi connectivity index (χ3v) is 4.53. The van der Waals surface area contributed by atoms with Gasteiger partial charge < -0.3 is 5.32 Å². The summed E-state index contributed by atoms with van der Waals surface area (Å²) in [6, 6.07) is 15.5. The molecule has 0 aliphatic rings. The molecule has 2 aromatic carbocycles. The van der Waals surface area contributed by atoms with E-state index in [0.29, 0.717) is 34.2 Å². The van der Waals surface area contributed by atoms with Crippen molar-refractivity contribution in [3.8, 4) is 17.1 Å². The monoisotopic (exact) mass is 387 g/mol. The van der Waals surface area contributed by atoms with Crippen LogP contribution in [0.1, 0.15) is 21.7 Å². The van der Waals surface area contributed by atoms with Crippen molar-refractivity contribution in [2.24, 2.45) is 0 Å². The minimum Gasteiger partial charge on any atom is -0.319 e. The maximum Gasteiger partial charge on any atom is 0.259 e. The Kier molecular flexibility index (Phi) is 4.87. The molecule has 0 fully saturated rings. The number of aryl methyl sites for hydroxylation is 1. The molecule has 1 amide bonds. The molecule has 4 rings (SSSR count). The molecule has 0 aliphatic carbocycles. The Morgan fingerprint density at radius 2 is 1.62 bits per heavy atom. The number of carbonyl (C=O) groups is 1. The predicted molar refractivity (Wildman–Crippen MR) is 108 cm³/mol. The van der Waals surface area contributed by atoms with E-state index in [2.05, 4.69) is 20.4 Å². The molecule has 6 nitrogen and oxygen atoms in total. The van der Waals surface area contributed by atoms with E-state index in [0.717, 1.165) is 5.56 Å².